The molecule has 0 saturated heterocycles. The Balaban J connectivity index is -0.000000965. The molecule has 518 valence electrons. The third-order valence-electron chi connectivity index (χ3n) is 8.26. The highest BCUT2D eigenvalue weighted by molar-refractivity contribution is 7.17. The van der Waals surface area contributed by atoms with Gasteiger partial charge in [-0.05, 0) is 143 Å². The molecule has 1 N–H and O–H groups in total. The molecule has 0 fully saturated rings. The molecule has 10 nitrogen and oxygen atoms in total. The van der Waals surface area contributed by atoms with E-state index in [2.05, 4.69) is 265 Å². The molecule has 8 heterocycles. The van der Waals surface area contributed by atoms with E-state index in [4.69, 9.17) is 4.42 Å². The molecule has 7 aromatic heterocycles. The van der Waals surface area contributed by atoms with Crippen LogP contribution in [0.5, 0.6) is 0 Å². The van der Waals surface area contributed by atoms with Crippen molar-refractivity contribution in [3.63, 3.8) is 0 Å². The molecule has 0 aliphatic carbocycles. The molecule has 0 radical (unpaired) electrons. The maximum absolute atomic E-state index is 5.01. The van der Waals surface area contributed by atoms with Crippen molar-refractivity contribution < 1.29 is 4.42 Å². The van der Waals surface area contributed by atoms with Gasteiger partial charge in [-0.15, -0.1) is 22.7 Å². The Bertz CT molecular complexity index is 2890. The highest BCUT2D eigenvalue weighted by Crippen LogP contribution is 2.19. The van der Waals surface area contributed by atoms with Gasteiger partial charge in [0.2, 0.25) is 0 Å². The summed E-state index contributed by atoms with van der Waals surface area (Å²) in [6.45, 7) is 52.9. The second-order valence-electron chi connectivity index (χ2n) is 26.4. The monoisotopic (exact) mass is 1330 g/mol. The van der Waals surface area contributed by atoms with Crippen LogP contribution in [0, 0.1) is 47.3 Å². The Morgan fingerprint density at radius 1 is 0.358 bits per heavy atom. The van der Waals surface area contributed by atoms with Crippen LogP contribution < -0.4 is 0 Å². The number of H-pyrrole nitrogens is 1. The largest absolute Gasteiger partial charge is 0.443 e. The zero-order chi connectivity index (χ0) is 71.9. The van der Waals surface area contributed by atoms with Crippen molar-refractivity contribution in [2.24, 2.45) is 52.3 Å². The summed E-state index contributed by atoms with van der Waals surface area (Å²) in [5.41, 5.74) is 7.91. The Labute approximate surface area is 584 Å². The number of pyridine rings is 2. The molecule has 12 heteroatoms. The molecule has 0 bridgehead atoms. The minimum Gasteiger partial charge on any atom is -0.443 e. The lowest BCUT2D eigenvalue weighted by molar-refractivity contribution is 0.602. The van der Waals surface area contributed by atoms with Crippen molar-refractivity contribution in [3.05, 3.63) is 237 Å². The van der Waals surface area contributed by atoms with E-state index < -0.39 is 0 Å². The Hall–Kier alpha value is -8.06. The van der Waals surface area contributed by atoms with Crippen LogP contribution in [-0.2, 0) is 0 Å². The van der Waals surface area contributed by atoms with Crippen molar-refractivity contribution in [2.75, 3.05) is 6.54 Å². The number of hydrogen-bond donors (Lipinski definition) is 1. The molecule has 0 atom stereocenters. The normalized spacial score (nSPS) is 9.89. The van der Waals surface area contributed by atoms with Gasteiger partial charge in [0.1, 0.15) is 11.8 Å². The van der Waals surface area contributed by atoms with Crippen molar-refractivity contribution >= 4 is 82.2 Å². The second kappa shape index (κ2) is 63.3. The predicted molar refractivity (Wildman–Crippen MR) is 426 cm³/mol. The number of imidazole rings is 1. The summed E-state index contributed by atoms with van der Waals surface area (Å²) in [7, 11) is 0. The Morgan fingerprint density at radius 3 is 1.22 bits per heavy atom. The van der Waals surface area contributed by atoms with Crippen LogP contribution >= 0.6 is 22.7 Å². The van der Waals surface area contributed by atoms with Crippen LogP contribution in [0.15, 0.2) is 246 Å². The molecule has 0 amide bonds. The third kappa shape index (κ3) is 67.2. The van der Waals surface area contributed by atoms with Crippen LogP contribution in [0.2, 0.25) is 0 Å². The molecule has 0 unspecified atom stereocenters. The van der Waals surface area contributed by atoms with E-state index in [1.54, 1.807) is 66.1 Å². The molecule has 95 heavy (non-hydrogen) atoms. The summed E-state index contributed by atoms with van der Waals surface area (Å²) in [6, 6.07) is 53.9. The highest BCUT2D eigenvalue weighted by Gasteiger charge is 1.93. The number of allylic oxidation sites excluding steroid dienone is 1. The van der Waals surface area contributed by atoms with Gasteiger partial charge in [0, 0.05) is 47.3 Å². The zero-order valence-corrected chi connectivity index (χ0v) is 64.4. The van der Waals surface area contributed by atoms with Gasteiger partial charge in [-0.2, -0.15) is 0 Å². The number of aromatic nitrogens is 8. The van der Waals surface area contributed by atoms with Crippen molar-refractivity contribution in [1.29, 1.82) is 0 Å². The highest BCUT2D eigenvalue weighted by atomic mass is 32.1. The van der Waals surface area contributed by atoms with Gasteiger partial charge >= 0.3 is 0 Å². The second-order valence-corrected chi connectivity index (χ2v) is 28.3. The number of benzene rings is 5. The summed E-state index contributed by atoms with van der Waals surface area (Å²) >= 11 is 3.46. The van der Waals surface area contributed by atoms with E-state index in [1.807, 2.05) is 133 Å². The first-order chi connectivity index (χ1) is 45.2. The average Bonchev–Trinajstić information content (AvgIpc) is 1.96. The minimum atomic E-state index is 0.833. The van der Waals surface area contributed by atoms with Crippen LogP contribution in [0.1, 0.15) is 166 Å². The van der Waals surface area contributed by atoms with Crippen LogP contribution in [0.3, 0.4) is 0 Å². The van der Waals surface area contributed by atoms with E-state index >= 15 is 0 Å². The van der Waals surface area contributed by atoms with Crippen molar-refractivity contribution in [3.8, 4) is 0 Å². The fourth-order valence-electron chi connectivity index (χ4n) is 5.28. The number of oxazole rings is 1. The first-order valence-electron chi connectivity index (χ1n) is 33.6. The smallest absolute Gasteiger partial charge is 0.181 e. The van der Waals surface area contributed by atoms with E-state index in [0.717, 1.165) is 87.1 Å². The summed E-state index contributed by atoms with van der Waals surface area (Å²) in [5.74, 6) is 6.67. The summed E-state index contributed by atoms with van der Waals surface area (Å²) in [5, 5.41) is 4.66. The van der Waals surface area contributed by atoms with E-state index in [0.29, 0.717) is 0 Å². The molecule has 1 aliphatic rings. The molecule has 0 saturated carbocycles. The number of hydrogen-bond acceptors (Lipinski definition) is 11. The number of nitrogens with one attached hydrogen (secondary N) is 1. The average molecular weight is 1330 g/mol. The molecular formula is C83H123N9OS2. The number of thiophene rings is 1. The Morgan fingerprint density at radius 2 is 0.811 bits per heavy atom. The lowest BCUT2D eigenvalue weighted by Gasteiger charge is -1.91. The van der Waals surface area contributed by atoms with Gasteiger partial charge in [-0.3, -0.25) is 15.0 Å². The van der Waals surface area contributed by atoms with Gasteiger partial charge in [-0.25, -0.2) is 24.9 Å². The topological polar surface area (TPSA) is 132 Å². The number of rotatable bonds is 0. The van der Waals surface area contributed by atoms with Crippen LogP contribution in [0.4, 0.5) is 0 Å². The first kappa shape index (κ1) is 91.1. The number of aromatic amines is 1. The standard InChI is InChI=1S/C9H7N.C8H6S.C7H6N2.C7H5NO.C7H5NS.C5H5N.C4H4N2.C4H5N.8C4H10/c1-2-6-9-8(4-1)5-3-7-10-9;1-2-4-8-7(3-1)5-6-9-8;3*1-2-4-7-6(3-1)8-5-9-7;1-2-4-6-5-3-1;1-2-5-4-6-3-1;1-2-4-5-3-1;8*1-4(2)3/h1-7H;1-6H;1-5H,(H,8,9);2*1-5H;1-5H;1-4H;1-3H,4H2;8*4H,1-3H3. The summed E-state index contributed by atoms with van der Waals surface area (Å²) < 4.78 is 7.64. The fraction of sp³-hybridized carbons (Fsp3) is 0.398. The van der Waals surface area contributed by atoms with Crippen LogP contribution in [-0.4, -0.2) is 52.6 Å². The molecule has 0 spiro atoms. The zero-order valence-electron chi connectivity index (χ0n) is 62.7. The van der Waals surface area contributed by atoms with E-state index in [-0.39, 0.29) is 0 Å². The maximum Gasteiger partial charge on any atom is 0.181 e. The molecule has 13 rings (SSSR count). The lowest BCUT2D eigenvalue weighted by Crippen LogP contribution is -1.73. The third-order valence-corrected chi connectivity index (χ3v) is 9.97. The number of para-hydroxylation sites is 6. The predicted octanol–water partition coefficient (Wildman–Crippen LogP) is 26.3. The van der Waals surface area contributed by atoms with E-state index in [1.165, 1.54) is 32.9 Å². The van der Waals surface area contributed by atoms with Gasteiger partial charge in [0.05, 0.1) is 45.1 Å². The van der Waals surface area contributed by atoms with Gasteiger partial charge in [-0.1, -0.05) is 257 Å². The lowest BCUT2D eigenvalue weighted by atomic mass is 10.2. The van der Waals surface area contributed by atoms with Crippen LogP contribution in [0.25, 0.3) is 53.3 Å². The maximum atomic E-state index is 5.01. The number of aliphatic imine (C=N–C) groups is 1. The molecular weight excluding hydrogens is 1200 g/mol. The molecule has 12 aromatic rings. The van der Waals surface area contributed by atoms with Gasteiger partial charge in [0.15, 0.2) is 12.0 Å². The molecule has 1 aliphatic heterocycles. The quantitative estimate of drug-likeness (QED) is 0.159. The Kier molecular flexibility index (Phi) is 60.8. The van der Waals surface area contributed by atoms with Crippen molar-refractivity contribution in [1.82, 2.24) is 39.9 Å². The van der Waals surface area contributed by atoms with Crippen molar-refractivity contribution in [2.45, 2.75) is 166 Å². The first-order valence-corrected chi connectivity index (χ1v) is 35.3. The number of fused-ring (bicyclic) bond motifs is 5. The molecule has 5 aromatic carbocycles. The minimum absolute atomic E-state index is 0.833. The summed E-state index contributed by atoms with van der Waals surface area (Å²) in [6.07, 6.45) is 19.1. The van der Waals surface area contributed by atoms with Gasteiger partial charge < -0.3 is 9.40 Å². The van der Waals surface area contributed by atoms with E-state index in [9.17, 15) is 0 Å². The number of thiazole rings is 1. The summed E-state index contributed by atoms with van der Waals surface area (Å²) in [4.78, 5) is 34.3. The van der Waals surface area contributed by atoms with Gasteiger partial charge in [0.25, 0.3) is 0 Å². The number of nitrogens with zero attached hydrogens (tertiary/aromatic N) is 8. The SMILES string of the molecule is C1=CCN=C1.CC(C)C.CC(C)C.CC(C)C.CC(C)C.CC(C)C.CC(C)C.CC(C)C.CC(C)C.c1ccc2[nH]cnc2c1.c1ccc2ncccc2c1.c1ccc2ocnc2c1.c1ccc2sccc2c1.c1ccc2scnc2c1.c1ccncc1.c1cncnc1. The fourth-order valence-corrected chi connectivity index (χ4v) is 6.75.